The van der Waals surface area contributed by atoms with Crippen LogP contribution in [0, 0.1) is 0 Å². The monoisotopic (exact) mass is 232 g/mol. The molecule has 0 aromatic heterocycles. The summed E-state index contributed by atoms with van der Waals surface area (Å²) in [5.41, 5.74) is 8.79. The lowest BCUT2D eigenvalue weighted by Crippen LogP contribution is -2.34. The molecule has 1 saturated heterocycles. The Labute approximate surface area is 105 Å². The Bertz CT molecular complexity index is 359. The summed E-state index contributed by atoms with van der Waals surface area (Å²) in [5, 5.41) is 3.48. The molecule has 0 radical (unpaired) electrons. The van der Waals surface area contributed by atoms with Crippen molar-refractivity contribution in [3.8, 4) is 0 Å². The molecular weight excluding hydrogens is 208 g/mol. The van der Waals surface area contributed by atoms with Gasteiger partial charge in [-0.05, 0) is 56.7 Å². The summed E-state index contributed by atoms with van der Waals surface area (Å²) in [5.74, 6) is 0.685. The van der Waals surface area contributed by atoms with Crippen LogP contribution in [0.3, 0.4) is 0 Å². The fraction of sp³-hybridized carbons (Fsp3) is 0.600. The second-order valence-corrected chi connectivity index (χ2v) is 5.95. The van der Waals surface area contributed by atoms with Crippen molar-refractivity contribution >= 4 is 0 Å². The highest BCUT2D eigenvalue weighted by molar-refractivity contribution is 5.28. The zero-order valence-corrected chi connectivity index (χ0v) is 11.0. The van der Waals surface area contributed by atoms with Crippen LogP contribution >= 0.6 is 0 Å². The second kappa shape index (κ2) is 5.19. The van der Waals surface area contributed by atoms with Gasteiger partial charge in [-0.15, -0.1) is 0 Å². The topological polar surface area (TPSA) is 38.0 Å². The van der Waals surface area contributed by atoms with E-state index in [9.17, 15) is 0 Å². The van der Waals surface area contributed by atoms with Gasteiger partial charge < -0.3 is 11.1 Å². The van der Waals surface area contributed by atoms with E-state index in [2.05, 4.69) is 43.4 Å². The standard InChI is InChI=1S/C15H24N2/c1-15(2,16)10-12-5-3-6-13(9-12)14-7-4-8-17-11-14/h3,5-6,9,14,17H,4,7-8,10-11,16H2,1-2H3. The molecule has 1 fully saturated rings. The average Bonchev–Trinajstić information content (AvgIpc) is 2.28. The van der Waals surface area contributed by atoms with Gasteiger partial charge in [-0.25, -0.2) is 0 Å². The van der Waals surface area contributed by atoms with Crippen molar-refractivity contribution < 1.29 is 0 Å². The molecule has 1 atom stereocenters. The van der Waals surface area contributed by atoms with Crippen LogP contribution < -0.4 is 11.1 Å². The lowest BCUT2D eigenvalue weighted by Gasteiger charge is -2.24. The van der Waals surface area contributed by atoms with Crippen molar-refractivity contribution in [3.05, 3.63) is 35.4 Å². The van der Waals surface area contributed by atoms with Crippen LogP contribution in [0.1, 0.15) is 43.7 Å². The van der Waals surface area contributed by atoms with E-state index in [0.717, 1.165) is 13.0 Å². The van der Waals surface area contributed by atoms with Crippen molar-refractivity contribution in [1.82, 2.24) is 5.32 Å². The van der Waals surface area contributed by atoms with Crippen LogP contribution in [0.2, 0.25) is 0 Å². The first kappa shape index (κ1) is 12.6. The second-order valence-electron chi connectivity index (χ2n) is 5.95. The van der Waals surface area contributed by atoms with Crippen LogP contribution in [0.25, 0.3) is 0 Å². The Hall–Kier alpha value is -0.860. The average molecular weight is 232 g/mol. The highest BCUT2D eigenvalue weighted by Gasteiger charge is 2.16. The molecule has 1 aromatic rings. The third kappa shape index (κ3) is 3.83. The van der Waals surface area contributed by atoms with E-state index in [1.54, 1.807) is 0 Å². The van der Waals surface area contributed by atoms with E-state index in [1.807, 2.05) is 0 Å². The molecule has 0 spiro atoms. The molecule has 0 bridgehead atoms. The van der Waals surface area contributed by atoms with Gasteiger partial charge in [0.25, 0.3) is 0 Å². The molecule has 2 heteroatoms. The van der Waals surface area contributed by atoms with Crippen LogP contribution in [-0.2, 0) is 6.42 Å². The molecule has 94 valence electrons. The Kier molecular flexibility index (Phi) is 3.85. The highest BCUT2D eigenvalue weighted by atomic mass is 14.9. The summed E-state index contributed by atoms with van der Waals surface area (Å²) in [7, 11) is 0. The summed E-state index contributed by atoms with van der Waals surface area (Å²) in [6.45, 7) is 6.46. The number of nitrogens with two attached hydrogens (primary N) is 1. The predicted molar refractivity (Wildman–Crippen MR) is 73.3 cm³/mol. The molecule has 2 rings (SSSR count). The van der Waals surface area contributed by atoms with E-state index in [4.69, 9.17) is 5.73 Å². The fourth-order valence-corrected chi connectivity index (χ4v) is 2.62. The molecule has 3 N–H and O–H groups in total. The fourth-order valence-electron chi connectivity index (χ4n) is 2.62. The van der Waals surface area contributed by atoms with E-state index in [-0.39, 0.29) is 5.54 Å². The summed E-state index contributed by atoms with van der Waals surface area (Å²) in [6, 6.07) is 8.95. The zero-order valence-electron chi connectivity index (χ0n) is 11.0. The van der Waals surface area contributed by atoms with Gasteiger partial charge in [0.15, 0.2) is 0 Å². The highest BCUT2D eigenvalue weighted by Crippen LogP contribution is 2.24. The maximum atomic E-state index is 6.08. The van der Waals surface area contributed by atoms with Gasteiger partial charge in [-0.2, -0.15) is 0 Å². The Morgan fingerprint density at radius 2 is 2.24 bits per heavy atom. The number of benzene rings is 1. The molecule has 17 heavy (non-hydrogen) atoms. The molecule has 1 aliphatic rings. The third-order valence-corrected chi connectivity index (χ3v) is 3.38. The molecule has 1 heterocycles. The number of nitrogens with one attached hydrogen (secondary N) is 1. The van der Waals surface area contributed by atoms with Crippen molar-refractivity contribution in [1.29, 1.82) is 0 Å². The van der Waals surface area contributed by atoms with E-state index in [0.29, 0.717) is 5.92 Å². The number of hydrogen-bond donors (Lipinski definition) is 2. The van der Waals surface area contributed by atoms with Crippen molar-refractivity contribution in [2.75, 3.05) is 13.1 Å². The minimum Gasteiger partial charge on any atom is -0.325 e. The maximum absolute atomic E-state index is 6.08. The van der Waals surface area contributed by atoms with Gasteiger partial charge in [-0.3, -0.25) is 0 Å². The van der Waals surface area contributed by atoms with Crippen molar-refractivity contribution in [2.24, 2.45) is 5.73 Å². The van der Waals surface area contributed by atoms with Gasteiger partial charge >= 0.3 is 0 Å². The molecular formula is C15H24N2. The lowest BCUT2D eigenvalue weighted by atomic mass is 9.88. The van der Waals surface area contributed by atoms with Gasteiger partial charge in [0.05, 0.1) is 0 Å². The predicted octanol–water partition coefficient (Wildman–Crippen LogP) is 2.43. The van der Waals surface area contributed by atoms with E-state index < -0.39 is 0 Å². The number of hydrogen-bond acceptors (Lipinski definition) is 2. The van der Waals surface area contributed by atoms with Gasteiger partial charge in [0.1, 0.15) is 0 Å². The minimum atomic E-state index is -0.122. The Balaban J connectivity index is 2.10. The normalized spacial score (nSPS) is 21.5. The Morgan fingerprint density at radius 3 is 2.88 bits per heavy atom. The van der Waals surface area contributed by atoms with Gasteiger partial charge in [0, 0.05) is 12.1 Å². The number of piperidine rings is 1. The molecule has 0 aliphatic carbocycles. The summed E-state index contributed by atoms with van der Waals surface area (Å²) in [4.78, 5) is 0. The summed E-state index contributed by atoms with van der Waals surface area (Å²) >= 11 is 0. The smallest absolute Gasteiger partial charge is 0.0138 e. The van der Waals surface area contributed by atoms with Crippen LogP contribution in [0.15, 0.2) is 24.3 Å². The maximum Gasteiger partial charge on any atom is 0.0138 e. The zero-order chi connectivity index (χ0) is 12.3. The van der Waals surface area contributed by atoms with Gasteiger partial charge in [0.2, 0.25) is 0 Å². The summed E-state index contributed by atoms with van der Waals surface area (Å²) < 4.78 is 0. The first-order chi connectivity index (χ1) is 8.04. The van der Waals surface area contributed by atoms with Crippen LogP contribution in [0.4, 0.5) is 0 Å². The summed E-state index contributed by atoms with van der Waals surface area (Å²) in [6.07, 6.45) is 3.54. The molecule has 0 saturated carbocycles. The number of rotatable bonds is 3. The van der Waals surface area contributed by atoms with Crippen LogP contribution in [-0.4, -0.2) is 18.6 Å². The first-order valence-electron chi connectivity index (χ1n) is 6.63. The molecule has 1 aliphatic heterocycles. The van der Waals surface area contributed by atoms with Crippen molar-refractivity contribution in [3.63, 3.8) is 0 Å². The molecule has 0 amide bonds. The van der Waals surface area contributed by atoms with E-state index >= 15 is 0 Å². The molecule has 1 aromatic carbocycles. The minimum absolute atomic E-state index is 0.122. The molecule has 2 nitrogen and oxygen atoms in total. The van der Waals surface area contributed by atoms with Gasteiger partial charge in [-0.1, -0.05) is 24.3 Å². The largest absolute Gasteiger partial charge is 0.325 e. The quantitative estimate of drug-likeness (QED) is 0.840. The SMILES string of the molecule is CC(C)(N)Cc1cccc(C2CCCNC2)c1. The first-order valence-corrected chi connectivity index (χ1v) is 6.63. The lowest BCUT2D eigenvalue weighted by molar-refractivity contribution is 0.460. The third-order valence-electron chi connectivity index (χ3n) is 3.38. The van der Waals surface area contributed by atoms with Crippen LogP contribution in [0.5, 0.6) is 0 Å². The van der Waals surface area contributed by atoms with Crippen molar-refractivity contribution in [2.45, 2.75) is 44.6 Å². The Morgan fingerprint density at radius 1 is 1.41 bits per heavy atom. The van der Waals surface area contributed by atoms with E-state index in [1.165, 1.54) is 30.5 Å². The molecule has 1 unspecified atom stereocenters.